The van der Waals surface area contributed by atoms with E-state index in [-0.39, 0.29) is 29.4 Å². The Morgan fingerprint density at radius 2 is 2.00 bits per heavy atom. The average Bonchev–Trinajstić information content (AvgIpc) is 2.80. The Bertz CT molecular complexity index is 1130. The quantitative estimate of drug-likeness (QED) is 0.486. The van der Waals surface area contributed by atoms with Crippen LogP contribution in [0.2, 0.25) is 0 Å². The summed E-state index contributed by atoms with van der Waals surface area (Å²) in [5, 5.41) is 9.08. The van der Waals surface area contributed by atoms with E-state index < -0.39 is 0 Å². The highest BCUT2D eigenvalue weighted by Gasteiger charge is 2.20. The number of pyridine rings is 1. The van der Waals surface area contributed by atoms with Crippen molar-refractivity contribution in [3.63, 3.8) is 0 Å². The van der Waals surface area contributed by atoms with Crippen LogP contribution in [0.1, 0.15) is 39.4 Å². The van der Waals surface area contributed by atoms with E-state index in [9.17, 15) is 9.59 Å². The lowest BCUT2D eigenvalue weighted by atomic mass is 10.1. The summed E-state index contributed by atoms with van der Waals surface area (Å²) in [6.07, 6.45) is 4.96. The van der Waals surface area contributed by atoms with Crippen LogP contribution in [0.5, 0.6) is 0 Å². The molecule has 4 rings (SSSR count). The summed E-state index contributed by atoms with van der Waals surface area (Å²) in [7, 11) is 0. The molecule has 1 aliphatic heterocycles. The summed E-state index contributed by atoms with van der Waals surface area (Å²) in [6, 6.07) is 10.7. The summed E-state index contributed by atoms with van der Waals surface area (Å²) < 4.78 is 0. The first kappa shape index (κ1) is 21.4. The van der Waals surface area contributed by atoms with Gasteiger partial charge in [-0.05, 0) is 50.6 Å². The molecule has 0 saturated carbocycles. The number of piperidine rings is 1. The molecule has 0 bridgehead atoms. The van der Waals surface area contributed by atoms with Gasteiger partial charge in [0.15, 0.2) is 11.5 Å². The van der Waals surface area contributed by atoms with Gasteiger partial charge >= 0.3 is 0 Å². The summed E-state index contributed by atoms with van der Waals surface area (Å²) in [5.41, 5.74) is 9.10. The van der Waals surface area contributed by atoms with Crippen molar-refractivity contribution in [2.75, 3.05) is 24.1 Å². The zero-order chi connectivity index (χ0) is 22.5. The Hall–Kier alpha value is -3.85. The van der Waals surface area contributed by atoms with Crippen LogP contribution in [0.3, 0.4) is 0 Å². The number of hydrogen-bond donors (Lipinski definition) is 4. The van der Waals surface area contributed by atoms with Gasteiger partial charge in [0.25, 0.3) is 11.8 Å². The zero-order valence-electron chi connectivity index (χ0n) is 17.8. The Kier molecular flexibility index (Phi) is 6.37. The van der Waals surface area contributed by atoms with Crippen LogP contribution in [0.25, 0.3) is 11.3 Å². The topological polar surface area (TPSA) is 135 Å². The third-order valence-electron chi connectivity index (χ3n) is 5.24. The molecular formula is C23H25N7O2. The number of benzene rings is 1. The molecule has 0 aliphatic carbocycles. The van der Waals surface area contributed by atoms with Crippen LogP contribution in [0, 0.1) is 6.92 Å². The molecule has 32 heavy (non-hydrogen) atoms. The molecule has 0 unspecified atom stereocenters. The fourth-order valence-corrected chi connectivity index (χ4v) is 3.50. The monoisotopic (exact) mass is 431 g/mol. The van der Waals surface area contributed by atoms with Crippen molar-refractivity contribution in [1.82, 2.24) is 25.6 Å². The highest BCUT2D eigenvalue weighted by Crippen LogP contribution is 2.22. The summed E-state index contributed by atoms with van der Waals surface area (Å²) in [6.45, 7) is 3.54. The highest BCUT2D eigenvalue weighted by atomic mass is 16.2. The van der Waals surface area contributed by atoms with Gasteiger partial charge in [0.2, 0.25) is 0 Å². The number of amides is 2. The molecule has 1 atom stereocenters. The third-order valence-corrected chi connectivity index (χ3v) is 5.24. The molecule has 1 saturated heterocycles. The molecule has 3 heterocycles. The lowest BCUT2D eigenvalue weighted by molar-refractivity contribution is 0.0925. The van der Waals surface area contributed by atoms with E-state index in [1.165, 1.54) is 12.4 Å². The van der Waals surface area contributed by atoms with Crippen molar-refractivity contribution in [2.24, 2.45) is 0 Å². The van der Waals surface area contributed by atoms with Crippen LogP contribution in [-0.2, 0) is 0 Å². The number of nitrogen functional groups attached to an aromatic ring is 1. The molecule has 1 aliphatic rings. The molecule has 9 heteroatoms. The van der Waals surface area contributed by atoms with Crippen molar-refractivity contribution < 1.29 is 9.59 Å². The maximum Gasteiger partial charge on any atom is 0.274 e. The van der Waals surface area contributed by atoms with Crippen molar-refractivity contribution >= 4 is 23.3 Å². The molecule has 0 radical (unpaired) electrons. The van der Waals surface area contributed by atoms with Gasteiger partial charge in [0.1, 0.15) is 0 Å². The number of rotatable bonds is 5. The molecule has 3 aromatic rings. The molecule has 5 N–H and O–H groups in total. The van der Waals surface area contributed by atoms with Crippen molar-refractivity contribution in [1.29, 1.82) is 0 Å². The summed E-state index contributed by atoms with van der Waals surface area (Å²) in [5.74, 6) is -0.535. The fraction of sp³-hybridized carbons (Fsp3) is 0.261. The van der Waals surface area contributed by atoms with Gasteiger partial charge in [-0.1, -0.05) is 12.1 Å². The van der Waals surface area contributed by atoms with Crippen LogP contribution < -0.4 is 21.7 Å². The lowest BCUT2D eigenvalue weighted by Crippen LogP contribution is -2.46. The first-order valence-corrected chi connectivity index (χ1v) is 10.5. The van der Waals surface area contributed by atoms with Crippen molar-refractivity contribution in [2.45, 2.75) is 25.8 Å². The first-order chi connectivity index (χ1) is 15.5. The number of aromatic nitrogens is 3. The van der Waals surface area contributed by atoms with E-state index in [4.69, 9.17) is 5.73 Å². The standard InChI is InChI=1S/C23H25N7O2/c1-14-7-8-16(11-26-14)22(31)28-17-5-2-4-15(10-17)19-13-27-21(24)20(30-19)23(32)29-18-6-3-9-25-12-18/h2,4-5,7-8,10-11,13,18,25H,3,6,9,12H2,1H3,(H2,24,27)(H,28,31)(H,29,32)/t18-/m0/s1. The van der Waals surface area contributed by atoms with Gasteiger partial charge in [-0.15, -0.1) is 0 Å². The SMILES string of the molecule is Cc1ccc(C(=O)Nc2cccc(-c3cnc(N)c(C(=O)N[C@H]4CCCNC4)n3)c2)cn1. The summed E-state index contributed by atoms with van der Waals surface area (Å²) in [4.78, 5) is 38.0. The fourth-order valence-electron chi connectivity index (χ4n) is 3.50. The molecule has 1 fully saturated rings. The van der Waals surface area contributed by atoms with E-state index >= 15 is 0 Å². The van der Waals surface area contributed by atoms with Crippen LogP contribution in [0.15, 0.2) is 48.8 Å². The number of nitrogens with one attached hydrogen (secondary N) is 3. The lowest BCUT2D eigenvalue weighted by Gasteiger charge is -2.23. The minimum absolute atomic E-state index is 0.0379. The molecule has 2 amide bonds. The largest absolute Gasteiger partial charge is 0.382 e. The predicted octanol–water partition coefficient (Wildman–Crippen LogP) is 2.16. The summed E-state index contributed by atoms with van der Waals surface area (Å²) >= 11 is 0. The number of nitrogens with two attached hydrogens (primary N) is 1. The van der Waals surface area contributed by atoms with E-state index in [2.05, 4.69) is 30.9 Å². The second-order valence-corrected chi connectivity index (χ2v) is 7.73. The van der Waals surface area contributed by atoms with E-state index in [0.717, 1.165) is 31.6 Å². The maximum absolute atomic E-state index is 12.7. The number of hydrogen-bond acceptors (Lipinski definition) is 7. The molecule has 1 aromatic carbocycles. The Balaban J connectivity index is 1.52. The Morgan fingerprint density at radius 1 is 1.12 bits per heavy atom. The van der Waals surface area contributed by atoms with Gasteiger partial charge < -0.3 is 21.7 Å². The van der Waals surface area contributed by atoms with E-state index in [1.54, 1.807) is 30.3 Å². The van der Waals surface area contributed by atoms with Crippen molar-refractivity contribution in [3.8, 4) is 11.3 Å². The van der Waals surface area contributed by atoms with Gasteiger partial charge in [0.05, 0.1) is 17.5 Å². The van der Waals surface area contributed by atoms with Crippen LogP contribution in [0.4, 0.5) is 11.5 Å². The Labute approximate surface area is 185 Å². The second kappa shape index (κ2) is 9.52. The van der Waals surface area contributed by atoms with E-state index in [1.807, 2.05) is 13.0 Å². The minimum atomic E-state index is -0.345. The Morgan fingerprint density at radius 3 is 2.75 bits per heavy atom. The van der Waals surface area contributed by atoms with Crippen molar-refractivity contribution in [3.05, 3.63) is 65.7 Å². The number of nitrogens with zero attached hydrogens (tertiary/aromatic N) is 3. The minimum Gasteiger partial charge on any atom is -0.382 e. The maximum atomic E-state index is 12.7. The number of carbonyl (C=O) groups is 2. The second-order valence-electron chi connectivity index (χ2n) is 7.73. The van der Waals surface area contributed by atoms with Gasteiger partial charge in [-0.2, -0.15) is 0 Å². The number of aryl methyl sites for hydroxylation is 1. The highest BCUT2D eigenvalue weighted by molar-refractivity contribution is 6.04. The average molecular weight is 432 g/mol. The van der Waals surface area contributed by atoms with Gasteiger partial charge in [-0.3, -0.25) is 14.6 Å². The number of carbonyl (C=O) groups excluding carboxylic acids is 2. The van der Waals surface area contributed by atoms with Gasteiger partial charge in [-0.25, -0.2) is 9.97 Å². The third kappa shape index (κ3) is 5.06. The molecular weight excluding hydrogens is 406 g/mol. The van der Waals surface area contributed by atoms with Gasteiger partial charge in [0, 0.05) is 35.7 Å². The zero-order valence-corrected chi connectivity index (χ0v) is 17.8. The smallest absolute Gasteiger partial charge is 0.274 e. The van der Waals surface area contributed by atoms with Crippen LogP contribution >= 0.6 is 0 Å². The van der Waals surface area contributed by atoms with E-state index in [0.29, 0.717) is 22.5 Å². The molecule has 9 nitrogen and oxygen atoms in total. The normalized spacial score (nSPS) is 15.7. The number of anilines is 2. The first-order valence-electron chi connectivity index (χ1n) is 10.5. The van der Waals surface area contributed by atoms with Crippen LogP contribution in [-0.4, -0.2) is 45.9 Å². The predicted molar refractivity (Wildman–Crippen MR) is 122 cm³/mol. The molecule has 164 valence electrons. The molecule has 2 aromatic heterocycles. The molecule has 0 spiro atoms.